The van der Waals surface area contributed by atoms with E-state index < -0.39 is 9.84 Å². The van der Waals surface area contributed by atoms with Gasteiger partial charge >= 0.3 is 0 Å². The average molecular weight is 558 g/mol. The maximum absolute atomic E-state index is 12.9. The van der Waals surface area contributed by atoms with Crippen LogP contribution in [0.1, 0.15) is 21.6 Å². The van der Waals surface area contributed by atoms with E-state index in [4.69, 9.17) is 19.6 Å². The first-order valence-electron chi connectivity index (χ1n) is 12.8. The summed E-state index contributed by atoms with van der Waals surface area (Å²) in [6.45, 7) is 1.73. The number of benzene rings is 2. The summed E-state index contributed by atoms with van der Waals surface area (Å²) in [5.74, 6) is -0.492. The van der Waals surface area contributed by atoms with Gasteiger partial charge in [0.15, 0.2) is 9.84 Å². The van der Waals surface area contributed by atoms with Gasteiger partial charge in [0.25, 0.3) is 5.91 Å². The largest absolute Gasteiger partial charge is 0.383 e. The van der Waals surface area contributed by atoms with E-state index in [1.54, 1.807) is 25.4 Å². The normalized spacial score (nSPS) is 14.6. The van der Waals surface area contributed by atoms with Gasteiger partial charge < -0.3 is 14.8 Å². The van der Waals surface area contributed by atoms with E-state index in [0.29, 0.717) is 24.4 Å². The molecule has 0 radical (unpaired) electrons. The molecular weight excluding hydrogens is 530 g/mol. The molecule has 1 amide bonds. The average Bonchev–Trinajstić information content (AvgIpc) is 3.33. The summed E-state index contributed by atoms with van der Waals surface area (Å²) in [5.41, 5.74) is 4.76. The molecule has 0 aliphatic carbocycles. The molecule has 10 nitrogen and oxygen atoms in total. The van der Waals surface area contributed by atoms with E-state index in [2.05, 4.69) is 10.3 Å². The molecule has 0 unspecified atom stereocenters. The number of methoxy groups -OCH3 is 1. The van der Waals surface area contributed by atoms with Crippen molar-refractivity contribution in [2.24, 2.45) is 0 Å². The Balaban J connectivity index is 1.23. The molecule has 4 heterocycles. The Labute approximate surface area is 230 Å². The van der Waals surface area contributed by atoms with Gasteiger partial charge in [-0.1, -0.05) is 24.3 Å². The zero-order valence-corrected chi connectivity index (χ0v) is 22.6. The third kappa shape index (κ3) is 5.18. The van der Waals surface area contributed by atoms with Crippen molar-refractivity contribution in [1.82, 2.24) is 25.1 Å². The Bertz CT molecular complexity index is 1850. The fraction of sp³-hybridized carbons (Fsp3) is 0.241. The number of hydrogen-bond donors (Lipinski definition) is 1. The molecule has 40 heavy (non-hydrogen) atoms. The van der Waals surface area contributed by atoms with E-state index in [9.17, 15) is 13.2 Å². The number of nitrogens with zero attached hydrogens (tertiary/aromatic N) is 4. The topological polar surface area (TPSA) is 125 Å². The van der Waals surface area contributed by atoms with Crippen LogP contribution in [0.15, 0.2) is 71.9 Å². The van der Waals surface area contributed by atoms with Crippen molar-refractivity contribution in [3.63, 3.8) is 0 Å². The summed E-state index contributed by atoms with van der Waals surface area (Å²) in [6.07, 6.45) is 3.72. The van der Waals surface area contributed by atoms with Gasteiger partial charge in [-0.15, -0.1) is 0 Å². The molecule has 0 atom stereocenters. The number of nitrogens with one attached hydrogen (secondary N) is 1. The fourth-order valence-corrected chi connectivity index (χ4v) is 6.13. The molecule has 5 aromatic rings. The van der Waals surface area contributed by atoms with Crippen molar-refractivity contribution >= 4 is 37.6 Å². The molecule has 6 rings (SSSR count). The maximum atomic E-state index is 12.9. The van der Waals surface area contributed by atoms with Crippen LogP contribution in [0.4, 0.5) is 0 Å². The number of fused-ring (bicyclic) bond motifs is 3. The van der Waals surface area contributed by atoms with Crippen LogP contribution in [0.25, 0.3) is 33.1 Å². The lowest BCUT2D eigenvalue weighted by atomic mass is 10.1. The van der Waals surface area contributed by atoms with E-state index >= 15 is 0 Å². The quantitative estimate of drug-likeness (QED) is 0.322. The van der Waals surface area contributed by atoms with Crippen molar-refractivity contribution in [3.05, 3.63) is 83.8 Å². The van der Waals surface area contributed by atoms with Crippen molar-refractivity contribution in [2.45, 2.75) is 24.6 Å². The van der Waals surface area contributed by atoms with Gasteiger partial charge in [0, 0.05) is 41.4 Å². The second-order valence-corrected chi connectivity index (χ2v) is 11.6. The van der Waals surface area contributed by atoms with Gasteiger partial charge in [-0.3, -0.25) is 14.5 Å². The predicted octanol–water partition coefficient (Wildman–Crippen LogP) is 3.53. The highest BCUT2D eigenvalue weighted by atomic mass is 32.2. The molecule has 0 fully saturated rings. The lowest BCUT2D eigenvalue weighted by Gasteiger charge is -2.10. The maximum Gasteiger partial charge on any atom is 0.251 e. The number of sulfone groups is 1. The van der Waals surface area contributed by atoms with Crippen molar-refractivity contribution in [3.8, 4) is 11.3 Å². The molecule has 204 valence electrons. The molecule has 1 aliphatic rings. The Hall–Kier alpha value is -4.19. The minimum atomic E-state index is -3.51. The summed E-state index contributed by atoms with van der Waals surface area (Å²) in [7, 11) is -1.84. The molecular formula is C29H27N5O5S. The molecule has 1 N–H and O–H groups in total. The van der Waals surface area contributed by atoms with Crippen LogP contribution in [0.5, 0.6) is 0 Å². The zero-order valence-electron chi connectivity index (χ0n) is 21.8. The van der Waals surface area contributed by atoms with E-state index in [-0.39, 0.29) is 41.9 Å². The molecule has 0 spiro atoms. The zero-order chi connectivity index (χ0) is 27.7. The van der Waals surface area contributed by atoms with Gasteiger partial charge in [0.2, 0.25) is 0 Å². The molecule has 0 saturated heterocycles. The summed E-state index contributed by atoms with van der Waals surface area (Å²) in [4.78, 5) is 22.4. The number of hydrogen-bond acceptors (Lipinski definition) is 8. The number of carbonyl (C=O) groups is 1. The SMILES string of the molecule is COCCn1cc2cccc(-c3ccc4cnc(CNC(=O)c5ccc6c(c5)S(=O)(=O)CCOC6)cc4n3)c2n1. The summed E-state index contributed by atoms with van der Waals surface area (Å²) in [5, 5.41) is 9.47. The summed E-state index contributed by atoms with van der Waals surface area (Å²) < 4.78 is 37.6. The third-order valence-corrected chi connectivity index (χ3v) is 8.62. The van der Waals surface area contributed by atoms with Crippen molar-refractivity contribution in [2.75, 3.05) is 26.1 Å². The van der Waals surface area contributed by atoms with Crippen LogP contribution in [0.2, 0.25) is 0 Å². The van der Waals surface area contributed by atoms with Crippen LogP contribution < -0.4 is 5.32 Å². The molecule has 1 aliphatic heterocycles. The van der Waals surface area contributed by atoms with Crippen LogP contribution in [-0.4, -0.2) is 60.1 Å². The highest BCUT2D eigenvalue weighted by molar-refractivity contribution is 7.91. The van der Waals surface area contributed by atoms with Crippen LogP contribution >= 0.6 is 0 Å². The standard InChI is InChI=1S/C29H27N5O5S/c1-38-10-9-34-17-21-3-2-4-24(28(21)33-34)25-8-7-20-15-30-23(14-26(20)32-25)16-31-29(35)19-5-6-22-18-39-11-12-40(36,37)27(22)13-19/h2-8,13-15,17H,9-12,16,18H2,1H3,(H,31,35). The van der Waals surface area contributed by atoms with E-state index in [1.165, 1.54) is 6.07 Å². The molecule has 0 saturated carbocycles. The first-order chi connectivity index (χ1) is 19.4. The number of rotatable bonds is 7. The molecule has 3 aromatic heterocycles. The highest BCUT2D eigenvalue weighted by Gasteiger charge is 2.23. The lowest BCUT2D eigenvalue weighted by Crippen LogP contribution is -2.23. The predicted molar refractivity (Wildman–Crippen MR) is 149 cm³/mol. The van der Waals surface area contributed by atoms with Crippen LogP contribution in [0, 0.1) is 0 Å². The van der Waals surface area contributed by atoms with Gasteiger partial charge in [-0.2, -0.15) is 5.10 Å². The Kier molecular flexibility index (Phi) is 7.01. The first-order valence-corrected chi connectivity index (χ1v) is 14.5. The Morgan fingerprint density at radius 3 is 2.90 bits per heavy atom. The smallest absolute Gasteiger partial charge is 0.251 e. The van der Waals surface area contributed by atoms with Gasteiger partial charge in [-0.05, 0) is 35.9 Å². The number of pyridine rings is 2. The van der Waals surface area contributed by atoms with Crippen LogP contribution in [-0.2, 0) is 39.0 Å². The number of ether oxygens (including phenoxy) is 2. The van der Waals surface area contributed by atoms with E-state index in [0.717, 1.165) is 33.1 Å². The molecule has 11 heteroatoms. The minimum absolute atomic E-state index is 0.106. The van der Waals surface area contributed by atoms with Gasteiger partial charge in [-0.25, -0.2) is 13.4 Å². The lowest BCUT2D eigenvalue weighted by molar-refractivity contribution is 0.0950. The van der Waals surface area contributed by atoms with E-state index in [1.807, 2.05) is 47.3 Å². The molecule has 2 aromatic carbocycles. The van der Waals surface area contributed by atoms with Crippen molar-refractivity contribution in [1.29, 1.82) is 0 Å². The third-order valence-electron chi connectivity index (χ3n) is 6.86. The minimum Gasteiger partial charge on any atom is -0.383 e. The summed E-state index contributed by atoms with van der Waals surface area (Å²) in [6, 6.07) is 16.4. The second kappa shape index (κ2) is 10.8. The van der Waals surface area contributed by atoms with Gasteiger partial charge in [0.1, 0.15) is 5.52 Å². The number of carbonyl (C=O) groups excluding carboxylic acids is 1. The van der Waals surface area contributed by atoms with Gasteiger partial charge in [0.05, 0.1) is 60.5 Å². The summed E-state index contributed by atoms with van der Waals surface area (Å²) >= 11 is 0. The van der Waals surface area contributed by atoms with Crippen LogP contribution in [0.3, 0.4) is 0 Å². The second-order valence-electron chi connectivity index (χ2n) is 9.57. The highest BCUT2D eigenvalue weighted by Crippen LogP contribution is 2.28. The number of aromatic nitrogens is 4. The Morgan fingerprint density at radius 2 is 2.02 bits per heavy atom. The first kappa shape index (κ1) is 26.1. The fourth-order valence-electron chi connectivity index (χ4n) is 4.74. The monoisotopic (exact) mass is 557 g/mol. The Morgan fingerprint density at radius 1 is 1.12 bits per heavy atom. The molecule has 0 bridgehead atoms. The number of amides is 1. The van der Waals surface area contributed by atoms with Crippen molar-refractivity contribution < 1.29 is 22.7 Å².